The van der Waals surface area contributed by atoms with Crippen molar-refractivity contribution in [3.63, 3.8) is 0 Å². The molecule has 2 fully saturated rings. The predicted octanol–water partition coefficient (Wildman–Crippen LogP) is 2.51. The molecule has 0 aromatic heterocycles. The highest BCUT2D eigenvalue weighted by molar-refractivity contribution is 5.79. The van der Waals surface area contributed by atoms with Crippen LogP contribution in [-0.4, -0.2) is 24.5 Å². The van der Waals surface area contributed by atoms with Gasteiger partial charge in [-0.1, -0.05) is 30.3 Å². The van der Waals surface area contributed by atoms with Crippen LogP contribution in [0.15, 0.2) is 30.3 Å². The molecule has 3 heteroatoms. The van der Waals surface area contributed by atoms with Gasteiger partial charge in [-0.25, -0.2) is 0 Å². The fourth-order valence-corrected chi connectivity index (χ4v) is 3.37. The average molecular weight is 286 g/mol. The van der Waals surface area contributed by atoms with Gasteiger partial charge in [-0.3, -0.25) is 4.79 Å². The monoisotopic (exact) mass is 286 g/mol. The average Bonchev–Trinajstić information content (AvgIpc) is 3.32. The highest BCUT2D eigenvalue weighted by atomic mass is 16.1. The third-order valence-electron chi connectivity index (χ3n) is 4.81. The summed E-state index contributed by atoms with van der Waals surface area (Å²) in [4.78, 5) is 12.5. The maximum atomic E-state index is 12.5. The van der Waals surface area contributed by atoms with Crippen LogP contribution in [0.25, 0.3) is 0 Å². The summed E-state index contributed by atoms with van der Waals surface area (Å²) < 4.78 is 0. The van der Waals surface area contributed by atoms with Gasteiger partial charge in [0.25, 0.3) is 0 Å². The Morgan fingerprint density at radius 3 is 2.71 bits per heavy atom. The number of hydrogen-bond acceptors (Lipinski definition) is 2. The molecular formula is C18H26N2O. The maximum absolute atomic E-state index is 12.5. The van der Waals surface area contributed by atoms with E-state index in [1.165, 1.54) is 18.4 Å². The van der Waals surface area contributed by atoms with Gasteiger partial charge < -0.3 is 10.6 Å². The lowest BCUT2D eigenvalue weighted by Gasteiger charge is -2.29. The van der Waals surface area contributed by atoms with Crippen molar-refractivity contribution in [2.45, 2.75) is 51.1 Å². The van der Waals surface area contributed by atoms with Gasteiger partial charge in [0.05, 0.1) is 0 Å². The fraction of sp³-hybridized carbons (Fsp3) is 0.611. The molecule has 3 atom stereocenters. The first kappa shape index (κ1) is 14.6. The van der Waals surface area contributed by atoms with E-state index in [1.54, 1.807) is 0 Å². The van der Waals surface area contributed by atoms with E-state index >= 15 is 0 Å². The van der Waals surface area contributed by atoms with Crippen molar-refractivity contribution in [3.8, 4) is 0 Å². The summed E-state index contributed by atoms with van der Waals surface area (Å²) in [6.07, 6.45) is 5.44. The molecule has 1 saturated heterocycles. The van der Waals surface area contributed by atoms with E-state index in [1.807, 2.05) is 6.07 Å². The van der Waals surface area contributed by atoms with Gasteiger partial charge in [0.1, 0.15) is 0 Å². The number of rotatable bonds is 5. The largest absolute Gasteiger partial charge is 0.353 e. The summed E-state index contributed by atoms with van der Waals surface area (Å²) in [5, 5.41) is 6.77. The van der Waals surface area contributed by atoms with Crippen LogP contribution in [0.2, 0.25) is 0 Å². The number of amides is 1. The molecule has 1 heterocycles. The van der Waals surface area contributed by atoms with Crippen LogP contribution in [0.3, 0.4) is 0 Å². The van der Waals surface area contributed by atoms with Crippen molar-refractivity contribution in [1.29, 1.82) is 0 Å². The van der Waals surface area contributed by atoms with E-state index in [2.05, 4.69) is 41.8 Å². The summed E-state index contributed by atoms with van der Waals surface area (Å²) in [6.45, 7) is 3.13. The number of piperidine rings is 1. The molecule has 3 rings (SSSR count). The van der Waals surface area contributed by atoms with Crippen LogP contribution in [-0.2, 0) is 11.2 Å². The second-order valence-electron chi connectivity index (χ2n) is 6.72. The molecule has 1 aromatic rings. The summed E-state index contributed by atoms with van der Waals surface area (Å²) >= 11 is 0. The highest BCUT2D eigenvalue weighted by Gasteiger charge is 2.34. The first-order valence-electron chi connectivity index (χ1n) is 8.30. The number of hydrogen-bond donors (Lipinski definition) is 2. The second-order valence-corrected chi connectivity index (χ2v) is 6.72. The van der Waals surface area contributed by atoms with Gasteiger partial charge in [0, 0.05) is 18.0 Å². The van der Waals surface area contributed by atoms with Gasteiger partial charge >= 0.3 is 0 Å². The standard InChI is InChI=1S/C18H26N2O/c1-13-11-16(9-10-19-13)18(21)20-17(15-7-8-15)12-14-5-3-2-4-6-14/h2-6,13,15-17,19H,7-12H2,1H3,(H,20,21)/t13-,16-,17?/m0/s1. The van der Waals surface area contributed by atoms with Gasteiger partial charge in [0.2, 0.25) is 5.91 Å². The second kappa shape index (κ2) is 6.61. The molecule has 2 N–H and O–H groups in total. The molecule has 1 unspecified atom stereocenters. The third-order valence-corrected chi connectivity index (χ3v) is 4.81. The third kappa shape index (κ3) is 4.07. The Balaban J connectivity index is 1.58. The molecule has 114 valence electrons. The summed E-state index contributed by atoms with van der Waals surface area (Å²) in [5.41, 5.74) is 1.33. The van der Waals surface area contributed by atoms with Crippen LogP contribution in [0, 0.1) is 11.8 Å². The summed E-state index contributed by atoms with van der Waals surface area (Å²) in [6, 6.07) is 11.3. The Labute approximate surface area is 127 Å². The molecule has 1 aromatic carbocycles. The Morgan fingerprint density at radius 1 is 1.29 bits per heavy atom. The SMILES string of the molecule is C[C@H]1C[C@@H](C(=O)NC(Cc2ccccc2)C2CC2)CCN1. The molecule has 21 heavy (non-hydrogen) atoms. The molecule has 0 bridgehead atoms. The molecule has 0 spiro atoms. The van der Waals surface area contributed by atoms with Crippen molar-refractivity contribution in [2.75, 3.05) is 6.54 Å². The predicted molar refractivity (Wildman–Crippen MR) is 85.0 cm³/mol. The first-order valence-corrected chi connectivity index (χ1v) is 8.30. The lowest BCUT2D eigenvalue weighted by Crippen LogP contribution is -2.46. The van der Waals surface area contributed by atoms with E-state index in [0.29, 0.717) is 18.0 Å². The maximum Gasteiger partial charge on any atom is 0.223 e. The van der Waals surface area contributed by atoms with Crippen molar-refractivity contribution in [3.05, 3.63) is 35.9 Å². The fourth-order valence-electron chi connectivity index (χ4n) is 3.37. The number of carbonyl (C=O) groups is 1. The van der Waals surface area contributed by atoms with Crippen LogP contribution >= 0.6 is 0 Å². The highest BCUT2D eigenvalue weighted by Crippen LogP contribution is 2.34. The van der Waals surface area contributed by atoms with E-state index in [9.17, 15) is 4.79 Å². The molecule has 1 aliphatic carbocycles. The minimum Gasteiger partial charge on any atom is -0.353 e. The number of benzene rings is 1. The zero-order valence-electron chi connectivity index (χ0n) is 12.8. The normalized spacial score (nSPS) is 27.1. The van der Waals surface area contributed by atoms with E-state index in [4.69, 9.17) is 0 Å². The molecule has 1 amide bonds. The first-order chi connectivity index (χ1) is 10.2. The number of nitrogens with one attached hydrogen (secondary N) is 2. The summed E-state index contributed by atoms with van der Waals surface area (Å²) in [5.74, 6) is 1.16. The minimum atomic E-state index is 0.193. The Morgan fingerprint density at radius 2 is 2.05 bits per heavy atom. The molecule has 1 saturated carbocycles. The lowest BCUT2D eigenvalue weighted by molar-refractivity contribution is -0.126. The van der Waals surface area contributed by atoms with Crippen molar-refractivity contribution >= 4 is 5.91 Å². The minimum absolute atomic E-state index is 0.193. The summed E-state index contributed by atoms with van der Waals surface area (Å²) in [7, 11) is 0. The zero-order valence-corrected chi connectivity index (χ0v) is 12.8. The Kier molecular flexibility index (Phi) is 4.59. The quantitative estimate of drug-likeness (QED) is 0.873. The van der Waals surface area contributed by atoms with Crippen molar-refractivity contribution in [2.24, 2.45) is 11.8 Å². The molecule has 3 nitrogen and oxygen atoms in total. The smallest absolute Gasteiger partial charge is 0.223 e. The van der Waals surface area contributed by atoms with Crippen LogP contribution in [0.1, 0.15) is 38.2 Å². The topological polar surface area (TPSA) is 41.1 Å². The van der Waals surface area contributed by atoms with Crippen LogP contribution in [0.4, 0.5) is 0 Å². The van der Waals surface area contributed by atoms with Crippen molar-refractivity contribution < 1.29 is 4.79 Å². The Hall–Kier alpha value is -1.35. The van der Waals surface area contributed by atoms with E-state index in [-0.39, 0.29) is 11.8 Å². The van der Waals surface area contributed by atoms with E-state index in [0.717, 1.165) is 25.8 Å². The number of carbonyl (C=O) groups excluding carboxylic acids is 1. The molecule has 0 radical (unpaired) electrons. The van der Waals surface area contributed by atoms with Gasteiger partial charge in [-0.15, -0.1) is 0 Å². The zero-order chi connectivity index (χ0) is 14.7. The van der Waals surface area contributed by atoms with Gasteiger partial charge in [-0.2, -0.15) is 0 Å². The lowest BCUT2D eigenvalue weighted by atomic mass is 9.91. The Bertz CT molecular complexity index is 469. The van der Waals surface area contributed by atoms with Crippen LogP contribution in [0.5, 0.6) is 0 Å². The molecule has 1 aliphatic heterocycles. The van der Waals surface area contributed by atoms with Crippen molar-refractivity contribution in [1.82, 2.24) is 10.6 Å². The molecule has 2 aliphatic rings. The van der Waals surface area contributed by atoms with E-state index < -0.39 is 0 Å². The molecular weight excluding hydrogens is 260 g/mol. The van der Waals surface area contributed by atoms with Gasteiger partial charge in [0.15, 0.2) is 0 Å². The van der Waals surface area contributed by atoms with Gasteiger partial charge in [-0.05, 0) is 57.1 Å². The van der Waals surface area contributed by atoms with Crippen LogP contribution < -0.4 is 10.6 Å².